The Morgan fingerprint density at radius 1 is 1.33 bits per heavy atom. The van der Waals surface area contributed by atoms with Gasteiger partial charge < -0.3 is 5.73 Å². The molecule has 1 heterocycles. The number of benzene rings is 1. The first kappa shape index (κ1) is 12.9. The number of aromatic nitrogens is 2. The molecule has 3 N–H and O–H groups in total. The van der Waals surface area contributed by atoms with Crippen molar-refractivity contribution in [1.29, 1.82) is 0 Å². The lowest BCUT2D eigenvalue weighted by Crippen LogP contribution is -2.18. The average molecular weight is 266 g/mol. The maximum absolute atomic E-state index is 12.2. The molecular formula is C13H16ClN3O. The Bertz CT molecular complexity index is 583. The van der Waals surface area contributed by atoms with E-state index >= 15 is 0 Å². The number of halogens is 1. The molecule has 96 valence electrons. The molecule has 0 aliphatic carbocycles. The van der Waals surface area contributed by atoms with Crippen LogP contribution in [0.4, 0.5) is 0 Å². The van der Waals surface area contributed by atoms with Crippen LogP contribution in [-0.4, -0.2) is 16.3 Å². The van der Waals surface area contributed by atoms with E-state index in [1.807, 2.05) is 19.1 Å². The molecule has 2 aromatic rings. The van der Waals surface area contributed by atoms with E-state index in [1.165, 1.54) is 4.68 Å². The second-order valence-corrected chi connectivity index (χ2v) is 4.66. The van der Waals surface area contributed by atoms with Gasteiger partial charge in [0.1, 0.15) is 0 Å². The number of aryl methyl sites for hydroxylation is 1. The van der Waals surface area contributed by atoms with Crippen molar-refractivity contribution < 1.29 is 0 Å². The number of aromatic amines is 1. The van der Waals surface area contributed by atoms with Gasteiger partial charge in [0.25, 0.3) is 5.56 Å². The molecule has 1 aromatic heterocycles. The van der Waals surface area contributed by atoms with Gasteiger partial charge in [-0.3, -0.25) is 9.89 Å². The third-order valence-corrected chi connectivity index (χ3v) is 3.16. The summed E-state index contributed by atoms with van der Waals surface area (Å²) in [4.78, 5) is 12.2. The van der Waals surface area contributed by atoms with Crippen molar-refractivity contribution in [2.45, 2.75) is 19.8 Å². The van der Waals surface area contributed by atoms with Crippen LogP contribution in [-0.2, 0) is 6.42 Å². The lowest BCUT2D eigenvalue weighted by molar-refractivity contribution is 0.816. The van der Waals surface area contributed by atoms with E-state index in [9.17, 15) is 4.79 Å². The third-order valence-electron chi connectivity index (χ3n) is 2.91. The Hall–Kier alpha value is -1.52. The Morgan fingerprint density at radius 2 is 2.00 bits per heavy atom. The largest absolute Gasteiger partial charge is 0.330 e. The predicted octanol–water partition coefficient (Wildman–Crippen LogP) is 2.02. The number of hydrogen-bond acceptors (Lipinski definition) is 2. The SMILES string of the molecule is Cc1[nH]n(-c2ccc(Cl)cc2)c(=O)c1CCCN. The lowest BCUT2D eigenvalue weighted by Gasteiger charge is -2.00. The molecule has 0 bridgehead atoms. The van der Waals surface area contributed by atoms with Crippen molar-refractivity contribution in [3.05, 3.63) is 50.9 Å². The lowest BCUT2D eigenvalue weighted by atomic mass is 10.1. The van der Waals surface area contributed by atoms with Crippen LogP contribution in [0.5, 0.6) is 0 Å². The van der Waals surface area contributed by atoms with Crippen LogP contribution in [0.1, 0.15) is 17.7 Å². The molecule has 0 aliphatic heterocycles. The summed E-state index contributed by atoms with van der Waals surface area (Å²) in [5.41, 5.74) is 7.94. The minimum Gasteiger partial charge on any atom is -0.330 e. The molecule has 0 atom stereocenters. The van der Waals surface area contributed by atoms with Crippen molar-refractivity contribution >= 4 is 11.6 Å². The maximum atomic E-state index is 12.2. The van der Waals surface area contributed by atoms with Gasteiger partial charge in [-0.15, -0.1) is 0 Å². The first-order valence-corrected chi connectivity index (χ1v) is 6.28. The molecular weight excluding hydrogens is 250 g/mol. The molecule has 0 saturated heterocycles. The van der Waals surface area contributed by atoms with Gasteiger partial charge in [0.15, 0.2) is 0 Å². The molecule has 2 rings (SSSR count). The van der Waals surface area contributed by atoms with E-state index in [2.05, 4.69) is 5.10 Å². The monoisotopic (exact) mass is 265 g/mol. The van der Waals surface area contributed by atoms with Crippen LogP contribution in [0.25, 0.3) is 5.69 Å². The van der Waals surface area contributed by atoms with Crippen molar-refractivity contribution in [1.82, 2.24) is 9.78 Å². The summed E-state index contributed by atoms with van der Waals surface area (Å²) in [7, 11) is 0. The van der Waals surface area contributed by atoms with E-state index < -0.39 is 0 Å². The summed E-state index contributed by atoms with van der Waals surface area (Å²) in [6.07, 6.45) is 1.52. The first-order chi connectivity index (χ1) is 8.63. The highest BCUT2D eigenvalue weighted by molar-refractivity contribution is 6.30. The number of nitrogens with two attached hydrogens (primary N) is 1. The summed E-state index contributed by atoms with van der Waals surface area (Å²) in [5, 5.41) is 3.73. The molecule has 18 heavy (non-hydrogen) atoms. The molecule has 1 aromatic carbocycles. The summed E-state index contributed by atoms with van der Waals surface area (Å²) in [6, 6.07) is 7.15. The van der Waals surface area contributed by atoms with E-state index in [0.717, 1.165) is 23.4 Å². The zero-order valence-electron chi connectivity index (χ0n) is 10.2. The van der Waals surface area contributed by atoms with Crippen molar-refractivity contribution in [3.8, 4) is 5.69 Å². The van der Waals surface area contributed by atoms with Crippen LogP contribution in [0.3, 0.4) is 0 Å². The molecule has 5 heteroatoms. The molecule has 0 spiro atoms. The van der Waals surface area contributed by atoms with Gasteiger partial charge in [0.2, 0.25) is 0 Å². The van der Waals surface area contributed by atoms with Gasteiger partial charge in [0, 0.05) is 16.3 Å². The highest BCUT2D eigenvalue weighted by atomic mass is 35.5. The minimum atomic E-state index is -0.0109. The summed E-state index contributed by atoms with van der Waals surface area (Å²) in [5.74, 6) is 0. The molecule has 0 amide bonds. The molecule has 0 saturated carbocycles. The fraction of sp³-hybridized carbons (Fsp3) is 0.308. The van der Waals surface area contributed by atoms with E-state index in [-0.39, 0.29) is 5.56 Å². The van der Waals surface area contributed by atoms with Crippen LogP contribution in [0.15, 0.2) is 29.1 Å². The zero-order valence-corrected chi connectivity index (χ0v) is 11.0. The van der Waals surface area contributed by atoms with Crippen molar-refractivity contribution in [2.24, 2.45) is 5.73 Å². The van der Waals surface area contributed by atoms with Crippen LogP contribution in [0, 0.1) is 6.92 Å². The number of rotatable bonds is 4. The van der Waals surface area contributed by atoms with E-state index in [4.69, 9.17) is 17.3 Å². The predicted molar refractivity (Wildman–Crippen MR) is 73.5 cm³/mol. The molecule has 0 unspecified atom stereocenters. The second-order valence-electron chi connectivity index (χ2n) is 4.22. The fourth-order valence-corrected chi connectivity index (χ4v) is 2.05. The Kier molecular flexibility index (Phi) is 3.89. The minimum absolute atomic E-state index is 0.0109. The first-order valence-electron chi connectivity index (χ1n) is 5.90. The third kappa shape index (κ3) is 2.49. The topological polar surface area (TPSA) is 63.8 Å². The zero-order chi connectivity index (χ0) is 13.1. The van der Waals surface area contributed by atoms with Crippen LogP contribution in [0.2, 0.25) is 5.02 Å². The quantitative estimate of drug-likeness (QED) is 0.888. The number of H-pyrrole nitrogens is 1. The smallest absolute Gasteiger partial charge is 0.274 e. The van der Waals surface area contributed by atoms with Gasteiger partial charge in [-0.25, -0.2) is 4.68 Å². The summed E-state index contributed by atoms with van der Waals surface area (Å²) >= 11 is 5.83. The van der Waals surface area contributed by atoms with E-state index in [1.54, 1.807) is 12.1 Å². The molecule has 0 aliphatic rings. The van der Waals surface area contributed by atoms with Crippen molar-refractivity contribution in [2.75, 3.05) is 6.54 Å². The molecule has 0 radical (unpaired) electrons. The van der Waals surface area contributed by atoms with Crippen molar-refractivity contribution in [3.63, 3.8) is 0 Å². The number of hydrogen-bond donors (Lipinski definition) is 2. The highest BCUT2D eigenvalue weighted by Crippen LogP contribution is 2.13. The average Bonchev–Trinajstić information content (AvgIpc) is 2.64. The Labute approximate surface area is 110 Å². The summed E-state index contributed by atoms with van der Waals surface area (Å²) in [6.45, 7) is 2.49. The Balaban J connectivity index is 2.40. The molecule has 4 nitrogen and oxygen atoms in total. The standard InChI is InChI=1S/C13H16ClN3O/c1-9-12(3-2-8-15)13(18)17(16-9)11-6-4-10(14)5-7-11/h4-7,16H,2-3,8,15H2,1H3. The number of nitrogens with zero attached hydrogens (tertiary/aromatic N) is 1. The van der Waals surface area contributed by atoms with Gasteiger partial charge in [-0.2, -0.15) is 0 Å². The van der Waals surface area contributed by atoms with Crippen LogP contribution < -0.4 is 11.3 Å². The fourth-order valence-electron chi connectivity index (χ4n) is 1.93. The number of nitrogens with one attached hydrogen (secondary N) is 1. The van der Waals surface area contributed by atoms with Gasteiger partial charge >= 0.3 is 0 Å². The van der Waals surface area contributed by atoms with Gasteiger partial charge in [-0.1, -0.05) is 11.6 Å². The van der Waals surface area contributed by atoms with Gasteiger partial charge in [-0.05, 0) is 50.6 Å². The second kappa shape index (κ2) is 5.42. The highest BCUT2D eigenvalue weighted by Gasteiger charge is 2.11. The van der Waals surface area contributed by atoms with Crippen LogP contribution >= 0.6 is 11.6 Å². The molecule has 0 fully saturated rings. The summed E-state index contributed by atoms with van der Waals surface area (Å²) < 4.78 is 1.54. The van der Waals surface area contributed by atoms with Gasteiger partial charge in [0.05, 0.1) is 5.69 Å². The Morgan fingerprint density at radius 3 is 2.61 bits per heavy atom. The van der Waals surface area contributed by atoms with E-state index in [0.29, 0.717) is 18.0 Å². The maximum Gasteiger partial charge on any atom is 0.274 e. The normalized spacial score (nSPS) is 10.8.